The lowest BCUT2D eigenvalue weighted by atomic mass is 10.0. The molecule has 0 N–H and O–H groups in total. The number of carbonyl (C=O) groups is 1. The van der Waals surface area contributed by atoms with E-state index in [1.54, 1.807) is 21.3 Å². The van der Waals surface area contributed by atoms with Gasteiger partial charge in [-0.15, -0.1) is 0 Å². The van der Waals surface area contributed by atoms with E-state index in [9.17, 15) is 9.18 Å². The Hall–Kier alpha value is -3.86. The third kappa shape index (κ3) is 5.64. The van der Waals surface area contributed by atoms with Crippen molar-refractivity contribution in [1.29, 1.82) is 0 Å². The normalized spacial score (nSPS) is 11.1. The van der Waals surface area contributed by atoms with Crippen molar-refractivity contribution < 1.29 is 23.4 Å². The highest BCUT2D eigenvalue weighted by atomic mass is 19.1. The highest BCUT2D eigenvalue weighted by Crippen LogP contribution is 2.38. The van der Waals surface area contributed by atoms with Gasteiger partial charge in [0.05, 0.1) is 21.3 Å². The molecule has 3 aromatic carbocycles. The lowest BCUT2D eigenvalue weighted by Gasteiger charge is -2.13. The van der Waals surface area contributed by atoms with Crippen LogP contribution in [0.25, 0.3) is 12.2 Å². The Kier molecular flexibility index (Phi) is 7.81. The first-order chi connectivity index (χ1) is 15.5. The van der Waals surface area contributed by atoms with Crippen LogP contribution in [-0.2, 0) is 6.42 Å². The van der Waals surface area contributed by atoms with Gasteiger partial charge in [0, 0.05) is 5.56 Å². The van der Waals surface area contributed by atoms with E-state index in [1.807, 2.05) is 54.6 Å². The van der Waals surface area contributed by atoms with Crippen LogP contribution in [-0.4, -0.2) is 27.1 Å². The SMILES string of the molecule is COc1cc(/C=C\c2ccccc2C/C=C\C(=O)c2ccc(F)cc2)cc(OC)c1OC. The van der Waals surface area contributed by atoms with Gasteiger partial charge in [0.15, 0.2) is 17.3 Å². The van der Waals surface area contributed by atoms with Crippen molar-refractivity contribution in [1.82, 2.24) is 0 Å². The Balaban J connectivity index is 1.77. The van der Waals surface area contributed by atoms with E-state index in [2.05, 4.69) is 0 Å². The van der Waals surface area contributed by atoms with E-state index in [0.717, 1.165) is 16.7 Å². The van der Waals surface area contributed by atoms with Crippen LogP contribution in [0, 0.1) is 5.82 Å². The van der Waals surface area contributed by atoms with Crippen molar-refractivity contribution in [3.8, 4) is 17.2 Å². The molecular formula is C27H25FO4. The maximum absolute atomic E-state index is 13.0. The second-order valence-electron chi connectivity index (χ2n) is 6.97. The van der Waals surface area contributed by atoms with Gasteiger partial charge in [0.25, 0.3) is 0 Å². The summed E-state index contributed by atoms with van der Waals surface area (Å²) in [5.74, 6) is 1.20. The number of hydrogen-bond acceptors (Lipinski definition) is 4. The first-order valence-corrected chi connectivity index (χ1v) is 10.1. The number of carbonyl (C=O) groups excluding carboxylic acids is 1. The first kappa shape index (κ1) is 22.8. The molecular weight excluding hydrogens is 407 g/mol. The van der Waals surface area contributed by atoms with Gasteiger partial charge in [-0.2, -0.15) is 0 Å². The summed E-state index contributed by atoms with van der Waals surface area (Å²) in [5.41, 5.74) is 3.45. The van der Waals surface area contributed by atoms with Crippen LogP contribution in [0.4, 0.5) is 4.39 Å². The summed E-state index contributed by atoms with van der Waals surface area (Å²) in [4.78, 5) is 12.3. The van der Waals surface area contributed by atoms with Crippen LogP contribution in [0.2, 0.25) is 0 Å². The summed E-state index contributed by atoms with van der Waals surface area (Å²) in [7, 11) is 4.74. The maximum Gasteiger partial charge on any atom is 0.203 e. The predicted molar refractivity (Wildman–Crippen MR) is 125 cm³/mol. The van der Waals surface area contributed by atoms with E-state index < -0.39 is 0 Å². The van der Waals surface area contributed by atoms with Crippen LogP contribution in [0.15, 0.2) is 72.8 Å². The minimum absolute atomic E-state index is 0.157. The molecule has 32 heavy (non-hydrogen) atoms. The molecule has 4 nitrogen and oxygen atoms in total. The first-order valence-electron chi connectivity index (χ1n) is 10.1. The van der Waals surface area contributed by atoms with Crippen molar-refractivity contribution in [2.75, 3.05) is 21.3 Å². The summed E-state index contributed by atoms with van der Waals surface area (Å²) in [6.45, 7) is 0. The molecule has 0 unspecified atom stereocenters. The molecule has 0 heterocycles. The Morgan fingerprint density at radius 1 is 0.875 bits per heavy atom. The third-order valence-corrected chi connectivity index (χ3v) is 4.93. The minimum atomic E-state index is -0.363. The molecule has 3 rings (SSSR count). The van der Waals surface area contributed by atoms with E-state index in [-0.39, 0.29) is 11.6 Å². The fraction of sp³-hybridized carbons (Fsp3) is 0.148. The van der Waals surface area contributed by atoms with Gasteiger partial charge in [-0.1, -0.05) is 42.5 Å². The van der Waals surface area contributed by atoms with Gasteiger partial charge in [-0.3, -0.25) is 4.79 Å². The molecule has 5 heteroatoms. The Labute approximate surface area is 187 Å². The van der Waals surface area contributed by atoms with Crippen molar-refractivity contribution >= 4 is 17.9 Å². The van der Waals surface area contributed by atoms with E-state index in [1.165, 1.54) is 30.3 Å². The van der Waals surface area contributed by atoms with Gasteiger partial charge in [-0.05, 0) is 65.6 Å². The van der Waals surface area contributed by atoms with Crippen molar-refractivity contribution in [3.05, 3.63) is 101 Å². The Morgan fingerprint density at radius 3 is 2.16 bits per heavy atom. The Morgan fingerprint density at radius 2 is 1.53 bits per heavy atom. The largest absolute Gasteiger partial charge is 0.493 e. The molecule has 0 fully saturated rings. The standard InChI is InChI=1S/C27H25FO4/c1-30-25-17-19(18-26(31-2)27(25)32-3)11-12-21-8-5-4-7-20(21)9-6-10-24(29)22-13-15-23(28)16-14-22/h4-8,10-18H,9H2,1-3H3/b10-6-,12-11-. The lowest BCUT2D eigenvalue weighted by molar-refractivity contribution is 0.104. The highest BCUT2D eigenvalue weighted by Gasteiger charge is 2.12. The van der Waals surface area contributed by atoms with E-state index in [4.69, 9.17) is 14.2 Å². The molecule has 164 valence electrons. The maximum atomic E-state index is 13.0. The summed E-state index contributed by atoms with van der Waals surface area (Å²) < 4.78 is 29.2. The van der Waals surface area contributed by atoms with Gasteiger partial charge < -0.3 is 14.2 Å². The van der Waals surface area contributed by atoms with E-state index >= 15 is 0 Å². The van der Waals surface area contributed by atoms with Gasteiger partial charge in [0.2, 0.25) is 5.75 Å². The molecule has 0 aliphatic carbocycles. The zero-order valence-corrected chi connectivity index (χ0v) is 18.3. The number of benzene rings is 3. The lowest BCUT2D eigenvalue weighted by Crippen LogP contribution is -1.95. The van der Waals surface area contributed by atoms with Crippen LogP contribution < -0.4 is 14.2 Å². The number of rotatable bonds is 9. The van der Waals surface area contributed by atoms with Crippen LogP contribution in [0.1, 0.15) is 27.0 Å². The molecule has 0 amide bonds. The second-order valence-corrected chi connectivity index (χ2v) is 6.97. The van der Waals surface area contributed by atoms with Crippen molar-refractivity contribution in [2.24, 2.45) is 0 Å². The molecule has 0 spiro atoms. The zero-order chi connectivity index (χ0) is 22.9. The number of allylic oxidation sites excluding steroid dienone is 2. The average Bonchev–Trinajstić information content (AvgIpc) is 2.82. The monoisotopic (exact) mass is 432 g/mol. The molecule has 0 radical (unpaired) electrons. The fourth-order valence-electron chi connectivity index (χ4n) is 3.27. The highest BCUT2D eigenvalue weighted by molar-refractivity contribution is 6.04. The smallest absolute Gasteiger partial charge is 0.203 e. The topological polar surface area (TPSA) is 44.8 Å². The number of methoxy groups -OCH3 is 3. The molecule has 3 aromatic rings. The molecule has 0 bridgehead atoms. The molecule has 0 aliphatic rings. The predicted octanol–water partition coefficient (Wildman–Crippen LogP) is 6.00. The van der Waals surface area contributed by atoms with Gasteiger partial charge in [-0.25, -0.2) is 4.39 Å². The minimum Gasteiger partial charge on any atom is -0.493 e. The van der Waals surface area contributed by atoms with E-state index in [0.29, 0.717) is 29.2 Å². The average molecular weight is 432 g/mol. The summed E-state index contributed by atoms with van der Waals surface area (Å²) >= 11 is 0. The Bertz CT molecular complexity index is 1110. The summed E-state index contributed by atoms with van der Waals surface area (Å²) in [5, 5.41) is 0. The van der Waals surface area contributed by atoms with Gasteiger partial charge in [0.1, 0.15) is 5.82 Å². The van der Waals surface area contributed by atoms with Crippen LogP contribution in [0.3, 0.4) is 0 Å². The molecule has 0 saturated heterocycles. The van der Waals surface area contributed by atoms with Crippen LogP contribution in [0.5, 0.6) is 17.2 Å². The van der Waals surface area contributed by atoms with Crippen LogP contribution >= 0.6 is 0 Å². The molecule has 0 saturated carbocycles. The number of ether oxygens (including phenoxy) is 3. The summed E-state index contributed by atoms with van der Waals surface area (Å²) in [6, 6.07) is 17.2. The molecule has 0 atom stereocenters. The van der Waals surface area contributed by atoms with Crippen molar-refractivity contribution in [3.63, 3.8) is 0 Å². The fourth-order valence-corrected chi connectivity index (χ4v) is 3.27. The molecule has 0 aromatic heterocycles. The number of ketones is 1. The number of hydrogen-bond donors (Lipinski definition) is 0. The molecule has 0 aliphatic heterocycles. The van der Waals surface area contributed by atoms with Gasteiger partial charge >= 0.3 is 0 Å². The quantitative estimate of drug-likeness (QED) is 0.236. The number of halogens is 1. The zero-order valence-electron chi connectivity index (χ0n) is 18.3. The van der Waals surface area contributed by atoms with Crippen molar-refractivity contribution in [2.45, 2.75) is 6.42 Å². The summed E-state index contributed by atoms with van der Waals surface area (Å²) in [6.07, 6.45) is 7.90. The second kappa shape index (κ2) is 11.0. The third-order valence-electron chi connectivity index (χ3n) is 4.93.